The number of nitrogens with one attached hydrogen (secondary N) is 1. The Balaban J connectivity index is 2.20. The predicted octanol–water partition coefficient (Wildman–Crippen LogP) is 1.90. The van der Waals surface area contributed by atoms with Gasteiger partial charge in [-0.3, -0.25) is 16.3 Å². The lowest BCUT2D eigenvalue weighted by molar-refractivity contribution is 0.531. The molecule has 0 aliphatic carbocycles. The van der Waals surface area contributed by atoms with Gasteiger partial charge in [-0.25, -0.2) is 4.98 Å². The molecule has 3 N–H and O–H groups in total. The largest absolute Gasteiger partial charge is 0.271 e. The van der Waals surface area contributed by atoms with Crippen molar-refractivity contribution in [3.8, 4) is 0 Å². The van der Waals surface area contributed by atoms with Crippen molar-refractivity contribution in [2.45, 2.75) is 26.3 Å². The number of hydrogen-bond acceptors (Lipinski definition) is 5. The monoisotopic (exact) mass is 248 g/mol. The van der Waals surface area contributed by atoms with Crippen LogP contribution in [0.1, 0.15) is 28.0 Å². The SMILES string of the molecule is Cc1nc(CC(NN)c2ncccc2C)cs1. The highest BCUT2D eigenvalue weighted by molar-refractivity contribution is 7.09. The highest BCUT2D eigenvalue weighted by Crippen LogP contribution is 2.19. The molecule has 2 aromatic rings. The number of hydrogen-bond donors (Lipinski definition) is 2. The van der Waals surface area contributed by atoms with Crippen LogP contribution in [0.2, 0.25) is 0 Å². The first kappa shape index (κ1) is 12.2. The predicted molar refractivity (Wildman–Crippen MR) is 69.6 cm³/mol. The maximum absolute atomic E-state index is 5.61. The Labute approximate surface area is 105 Å². The lowest BCUT2D eigenvalue weighted by Gasteiger charge is -2.16. The Kier molecular flexibility index (Phi) is 3.83. The molecule has 90 valence electrons. The van der Waals surface area contributed by atoms with Gasteiger partial charge in [0.05, 0.1) is 22.4 Å². The number of aromatic nitrogens is 2. The van der Waals surface area contributed by atoms with Crippen molar-refractivity contribution in [3.05, 3.63) is 45.7 Å². The van der Waals surface area contributed by atoms with Crippen molar-refractivity contribution < 1.29 is 0 Å². The number of nitrogens with zero attached hydrogens (tertiary/aromatic N) is 2. The molecule has 0 bridgehead atoms. The number of nitrogens with two attached hydrogens (primary N) is 1. The minimum absolute atomic E-state index is 0.0118. The van der Waals surface area contributed by atoms with Gasteiger partial charge in [-0.15, -0.1) is 11.3 Å². The number of aryl methyl sites for hydroxylation is 2. The van der Waals surface area contributed by atoms with E-state index >= 15 is 0 Å². The molecule has 0 saturated carbocycles. The summed E-state index contributed by atoms with van der Waals surface area (Å²) in [6.45, 7) is 4.05. The summed E-state index contributed by atoms with van der Waals surface area (Å²) in [5.41, 5.74) is 6.00. The fourth-order valence-corrected chi connectivity index (χ4v) is 2.43. The van der Waals surface area contributed by atoms with E-state index in [0.29, 0.717) is 0 Å². The molecule has 0 amide bonds. The molecule has 2 heterocycles. The van der Waals surface area contributed by atoms with Crippen molar-refractivity contribution >= 4 is 11.3 Å². The number of hydrazine groups is 1. The van der Waals surface area contributed by atoms with Gasteiger partial charge in [0.25, 0.3) is 0 Å². The third-order valence-corrected chi connectivity index (χ3v) is 3.48. The highest BCUT2D eigenvalue weighted by atomic mass is 32.1. The average Bonchev–Trinajstić information content (AvgIpc) is 2.73. The van der Waals surface area contributed by atoms with Crippen molar-refractivity contribution in [1.82, 2.24) is 15.4 Å². The second-order valence-electron chi connectivity index (χ2n) is 3.99. The maximum atomic E-state index is 5.61. The molecule has 0 fully saturated rings. The van der Waals surface area contributed by atoms with Crippen LogP contribution in [0.15, 0.2) is 23.7 Å². The van der Waals surface area contributed by atoms with E-state index in [2.05, 4.69) is 20.8 Å². The first-order valence-electron chi connectivity index (χ1n) is 5.49. The van der Waals surface area contributed by atoms with Crippen LogP contribution in [-0.2, 0) is 6.42 Å². The molecular weight excluding hydrogens is 232 g/mol. The van der Waals surface area contributed by atoms with Crippen LogP contribution in [0.25, 0.3) is 0 Å². The fourth-order valence-electron chi connectivity index (χ4n) is 1.81. The smallest absolute Gasteiger partial charge is 0.0897 e. The average molecular weight is 248 g/mol. The summed E-state index contributed by atoms with van der Waals surface area (Å²) < 4.78 is 0. The lowest BCUT2D eigenvalue weighted by atomic mass is 10.0. The number of thiazole rings is 1. The molecule has 0 radical (unpaired) electrons. The van der Waals surface area contributed by atoms with Crippen molar-refractivity contribution in [1.29, 1.82) is 0 Å². The van der Waals surface area contributed by atoms with Gasteiger partial charge in [-0.2, -0.15) is 0 Å². The number of pyridine rings is 1. The summed E-state index contributed by atoms with van der Waals surface area (Å²) in [5, 5.41) is 3.14. The Bertz CT molecular complexity index is 495. The zero-order valence-corrected chi connectivity index (χ0v) is 10.8. The van der Waals surface area contributed by atoms with Crippen LogP contribution < -0.4 is 11.3 Å². The van der Waals surface area contributed by atoms with E-state index in [0.717, 1.165) is 28.4 Å². The van der Waals surface area contributed by atoms with E-state index in [1.165, 1.54) is 0 Å². The topological polar surface area (TPSA) is 63.8 Å². The molecule has 0 aliphatic rings. The van der Waals surface area contributed by atoms with E-state index in [1.807, 2.05) is 26.0 Å². The van der Waals surface area contributed by atoms with Gasteiger partial charge in [-0.1, -0.05) is 6.07 Å². The molecule has 0 saturated heterocycles. The molecule has 0 aliphatic heterocycles. The third kappa shape index (κ3) is 2.88. The van der Waals surface area contributed by atoms with E-state index in [4.69, 9.17) is 5.84 Å². The lowest BCUT2D eigenvalue weighted by Crippen LogP contribution is -2.30. The third-order valence-electron chi connectivity index (χ3n) is 2.66. The van der Waals surface area contributed by atoms with Crippen LogP contribution >= 0.6 is 11.3 Å². The van der Waals surface area contributed by atoms with Crippen LogP contribution in [0.3, 0.4) is 0 Å². The molecule has 0 aromatic carbocycles. The molecule has 5 heteroatoms. The van der Waals surface area contributed by atoms with E-state index in [-0.39, 0.29) is 6.04 Å². The van der Waals surface area contributed by atoms with Crippen molar-refractivity contribution in [2.75, 3.05) is 0 Å². The molecule has 4 nitrogen and oxygen atoms in total. The van der Waals surface area contributed by atoms with Gasteiger partial charge >= 0.3 is 0 Å². The van der Waals surface area contributed by atoms with Gasteiger partial charge < -0.3 is 0 Å². The summed E-state index contributed by atoms with van der Waals surface area (Å²) in [6, 6.07) is 3.98. The molecule has 0 spiro atoms. The molecule has 2 rings (SSSR count). The van der Waals surface area contributed by atoms with E-state index in [9.17, 15) is 0 Å². The van der Waals surface area contributed by atoms with E-state index in [1.54, 1.807) is 17.5 Å². The molecule has 2 aromatic heterocycles. The summed E-state index contributed by atoms with van der Waals surface area (Å²) >= 11 is 1.66. The Morgan fingerprint density at radius 1 is 1.47 bits per heavy atom. The first-order valence-corrected chi connectivity index (χ1v) is 6.37. The van der Waals surface area contributed by atoms with Crippen molar-refractivity contribution in [3.63, 3.8) is 0 Å². The van der Waals surface area contributed by atoms with Crippen LogP contribution in [-0.4, -0.2) is 9.97 Å². The maximum Gasteiger partial charge on any atom is 0.0897 e. The number of rotatable bonds is 4. The van der Waals surface area contributed by atoms with Crippen LogP contribution in [0, 0.1) is 13.8 Å². The van der Waals surface area contributed by atoms with Crippen LogP contribution in [0.5, 0.6) is 0 Å². The standard InChI is InChI=1S/C12H16N4S/c1-8-4-3-5-14-12(8)11(16-13)6-10-7-17-9(2)15-10/h3-5,7,11,16H,6,13H2,1-2H3. The summed E-state index contributed by atoms with van der Waals surface area (Å²) in [4.78, 5) is 8.83. The molecule has 17 heavy (non-hydrogen) atoms. The summed E-state index contributed by atoms with van der Waals surface area (Å²) in [6.07, 6.45) is 2.55. The Morgan fingerprint density at radius 2 is 2.29 bits per heavy atom. The minimum Gasteiger partial charge on any atom is -0.271 e. The molecule has 1 unspecified atom stereocenters. The summed E-state index contributed by atoms with van der Waals surface area (Å²) in [5.74, 6) is 5.61. The highest BCUT2D eigenvalue weighted by Gasteiger charge is 2.15. The zero-order valence-electron chi connectivity index (χ0n) is 9.97. The second kappa shape index (κ2) is 5.35. The quantitative estimate of drug-likeness (QED) is 0.641. The normalized spacial score (nSPS) is 12.6. The zero-order chi connectivity index (χ0) is 12.3. The van der Waals surface area contributed by atoms with Gasteiger partial charge in [0, 0.05) is 18.0 Å². The fraction of sp³-hybridized carbons (Fsp3) is 0.333. The van der Waals surface area contributed by atoms with Gasteiger partial charge in [0.15, 0.2) is 0 Å². The van der Waals surface area contributed by atoms with Gasteiger partial charge in [0.1, 0.15) is 0 Å². The Morgan fingerprint density at radius 3 is 2.88 bits per heavy atom. The van der Waals surface area contributed by atoms with Crippen molar-refractivity contribution in [2.24, 2.45) is 5.84 Å². The second-order valence-corrected chi connectivity index (χ2v) is 5.05. The first-order chi connectivity index (χ1) is 8.20. The van der Waals surface area contributed by atoms with Gasteiger partial charge in [0.2, 0.25) is 0 Å². The Hall–Kier alpha value is -1.30. The van der Waals surface area contributed by atoms with Gasteiger partial charge in [-0.05, 0) is 25.5 Å². The van der Waals surface area contributed by atoms with Crippen LogP contribution in [0.4, 0.5) is 0 Å². The molecule has 1 atom stereocenters. The minimum atomic E-state index is 0.0118. The van der Waals surface area contributed by atoms with E-state index < -0.39 is 0 Å². The summed E-state index contributed by atoms with van der Waals surface area (Å²) in [7, 11) is 0. The molecular formula is C12H16N4S.